The van der Waals surface area contributed by atoms with E-state index in [2.05, 4.69) is 19.1 Å². The van der Waals surface area contributed by atoms with Gasteiger partial charge in [-0.05, 0) is 68.1 Å². The third-order valence-electron chi connectivity index (χ3n) is 4.72. The smallest absolute Gasteiger partial charge is 0.194 e. The molecule has 1 fully saturated rings. The lowest BCUT2D eigenvalue weighted by atomic mass is 9.78. The average molecular weight is 310 g/mol. The van der Waals surface area contributed by atoms with Gasteiger partial charge in [0.05, 0.1) is 0 Å². The number of hydrogen-bond acceptors (Lipinski definition) is 0. The molecule has 0 atom stereocenters. The highest BCUT2D eigenvalue weighted by atomic mass is 19.2. The van der Waals surface area contributed by atoms with Gasteiger partial charge in [0.15, 0.2) is 17.5 Å². The van der Waals surface area contributed by atoms with Crippen molar-refractivity contribution >= 4 is 0 Å². The van der Waals surface area contributed by atoms with Crippen LogP contribution in [-0.4, -0.2) is 0 Å². The number of rotatable bonds is 6. The minimum atomic E-state index is -1.37. The van der Waals surface area contributed by atoms with Crippen LogP contribution < -0.4 is 0 Å². The van der Waals surface area contributed by atoms with Crippen molar-refractivity contribution in [2.75, 3.05) is 0 Å². The van der Waals surface area contributed by atoms with E-state index in [1.54, 1.807) is 0 Å². The molecule has 3 heteroatoms. The van der Waals surface area contributed by atoms with Gasteiger partial charge in [-0.1, -0.05) is 31.9 Å². The SMILES string of the molecule is CC/C=C/CC1CCC(CCc2cc(F)c(F)c(F)c2)CC1. The van der Waals surface area contributed by atoms with Crippen LogP contribution in [0.5, 0.6) is 0 Å². The second-order valence-electron chi connectivity index (χ2n) is 6.41. The molecule has 0 spiro atoms. The van der Waals surface area contributed by atoms with Crippen molar-refractivity contribution in [3.05, 3.63) is 47.3 Å². The van der Waals surface area contributed by atoms with Gasteiger partial charge < -0.3 is 0 Å². The predicted octanol–water partition coefficient (Wildman–Crippen LogP) is 6.20. The van der Waals surface area contributed by atoms with Crippen LogP contribution >= 0.6 is 0 Å². The maximum Gasteiger partial charge on any atom is 0.194 e. The van der Waals surface area contributed by atoms with E-state index in [0.29, 0.717) is 17.9 Å². The third kappa shape index (κ3) is 4.89. The Balaban J connectivity index is 1.76. The minimum absolute atomic E-state index is 0.560. The summed E-state index contributed by atoms with van der Waals surface area (Å²) in [7, 11) is 0. The molecule has 1 aromatic rings. The molecule has 1 saturated carbocycles. The Hall–Kier alpha value is -1.25. The first-order valence-electron chi connectivity index (χ1n) is 8.38. The molecule has 0 aliphatic heterocycles. The van der Waals surface area contributed by atoms with Gasteiger partial charge in [-0.15, -0.1) is 0 Å². The van der Waals surface area contributed by atoms with Crippen LogP contribution in [-0.2, 0) is 6.42 Å². The van der Waals surface area contributed by atoms with E-state index in [4.69, 9.17) is 0 Å². The molecule has 122 valence electrons. The first kappa shape index (κ1) is 17.1. The van der Waals surface area contributed by atoms with E-state index in [9.17, 15) is 13.2 Å². The summed E-state index contributed by atoms with van der Waals surface area (Å²) in [5.74, 6) is -2.12. The number of aryl methyl sites for hydroxylation is 1. The summed E-state index contributed by atoms with van der Waals surface area (Å²) in [5, 5.41) is 0. The predicted molar refractivity (Wildman–Crippen MR) is 84.1 cm³/mol. The molecule has 1 aliphatic rings. The monoisotopic (exact) mass is 310 g/mol. The van der Waals surface area contributed by atoms with Crippen molar-refractivity contribution in [3.63, 3.8) is 0 Å². The average Bonchev–Trinajstić information content (AvgIpc) is 2.52. The molecule has 0 aromatic heterocycles. The highest BCUT2D eigenvalue weighted by molar-refractivity contribution is 5.19. The highest BCUT2D eigenvalue weighted by Crippen LogP contribution is 2.33. The minimum Gasteiger partial charge on any atom is -0.204 e. The molecule has 0 nitrogen and oxygen atoms in total. The standard InChI is InChI=1S/C19H25F3/c1-2-3-4-5-14-6-8-15(9-7-14)10-11-16-12-17(20)19(22)18(21)13-16/h3-4,12-15H,2,5-11H2,1H3/b4-3+. The maximum atomic E-state index is 13.2. The summed E-state index contributed by atoms with van der Waals surface area (Å²) in [5.41, 5.74) is 0.560. The van der Waals surface area contributed by atoms with E-state index in [1.807, 2.05) is 0 Å². The van der Waals surface area contributed by atoms with Gasteiger partial charge in [0.2, 0.25) is 0 Å². The molecule has 0 bridgehead atoms. The van der Waals surface area contributed by atoms with E-state index in [1.165, 1.54) is 32.1 Å². The molecule has 1 aromatic carbocycles. The van der Waals surface area contributed by atoms with Gasteiger partial charge in [-0.25, -0.2) is 13.2 Å². The third-order valence-corrected chi connectivity index (χ3v) is 4.72. The number of allylic oxidation sites excluding steroid dienone is 2. The highest BCUT2D eigenvalue weighted by Gasteiger charge is 2.20. The van der Waals surface area contributed by atoms with Gasteiger partial charge in [0.25, 0.3) is 0 Å². The zero-order valence-electron chi connectivity index (χ0n) is 13.3. The van der Waals surface area contributed by atoms with Gasteiger partial charge >= 0.3 is 0 Å². The van der Waals surface area contributed by atoms with Crippen LogP contribution in [0, 0.1) is 29.3 Å². The number of hydrogen-bond donors (Lipinski definition) is 0. The van der Waals surface area contributed by atoms with Crippen LogP contribution in [0.3, 0.4) is 0 Å². The maximum absolute atomic E-state index is 13.2. The summed E-state index contributed by atoms with van der Waals surface area (Å²) in [6, 6.07) is 2.25. The Morgan fingerprint density at radius 1 is 0.955 bits per heavy atom. The van der Waals surface area contributed by atoms with Crippen molar-refractivity contribution in [2.45, 2.75) is 58.3 Å². The fourth-order valence-corrected chi connectivity index (χ4v) is 3.33. The first-order chi connectivity index (χ1) is 10.6. The summed E-state index contributed by atoms with van der Waals surface area (Å²) in [4.78, 5) is 0. The second-order valence-corrected chi connectivity index (χ2v) is 6.41. The fourth-order valence-electron chi connectivity index (χ4n) is 3.33. The van der Waals surface area contributed by atoms with Crippen LogP contribution in [0.15, 0.2) is 24.3 Å². The second kappa shape index (κ2) is 8.40. The Kier molecular flexibility index (Phi) is 6.53. The normalized spacial score (nSPS) is 22.4. The van der Waals surface area contributed by atoms with Crippen LogP contribution in [0.1, 0.15) is 57.4 Å². The molecule has 0 heterocycles. The van der Waals surface area contributed by atoms with Crippen molar-refractivity contribution in [3.8, 4) is 0 Å². The van der Waals surface area contributed by atoms with Crippen molar-refractivity contribution in [2.24, 2.45) is 11.8 Å². The Morgan fingerprint density at radius 3 is 2.14 bits per heavy atom. The number of halogens is 3. The molecule has 0 amide bonds. The van der Waals surface area contributed by atoms with E-state index >= 15 is 0 Å². The molecule has 0 unspecified atom stereocenters. The van der Waals surface area contributed by atoms with Crippen molar-refractivity contribution in [1.82, 2.24) is 0 Å². The lowest BCUT2D eigenvalue weighted by Crippen LogP contribution is -2.14. The molecular weight excluding hydrogens is 285 g/mol. The summed E-state index contributed by atoms with van der Waals surface area (Å²) < 4.78 is 39.3. The zero-order chi connectivity index (χ0) is 15.9. The van der Waals surface area contributed by atoms with Crippen molar-refractivity contribution in [1.29, 1.82) is 0 Å². The number of benzene rings is 1. The molecule has 0 radical (unpaired) electrons. The fraction of sp³-hybridized carbons (Fsp3) is 0.579. The van der Waals surface area contributed by atoms with Crippen LogP contribution in [0.25, 0.3) is 0 Å². The van der Waals surface area contributed by atoms with Gasteiger partial charge in [-0.3, -0.25) is 0 Å². The van der Waals surface area contributed by atoms with E-state index in [0.717, 1.165) is 30.9 Å². The first-order valence-corrected chi connectivity index (χ1v) is 8.38. The zero-order valence-corrected chi connectivity index (χ0v) is 13.3. The largest absolute Gasteiger partial charge is 0.204 e. The van der Waals surface area contributed by atoms with E-state index in [-0.39, 0.29) is 0 Å². The van der Waals surface area contributed by atoms with Crippen LogP contribution in [0.2, 0.25) is 0 Å². The summed E-state index contributed by atoms with van der Waals surface area (Å²) >= 11 is 0. The Morgan fingerprint density at radius 2 is 1.55 bits per heavy atom. The topological polar surface area (TPSA) is 0 Å². The van der Waals surface area contributed by atoms with Gasteiger partial charge in [0.1, 0.15) is 0 Å². The molecular formula is C19H25F3. The summed E-state index contributed by atoms with van der Waals surface area (Å²) in [6.45, 7) is 2.15. The lowest BCUT2D eigenvalue weighted by molar-refractivity contribution is 0.265. The van der Waals surface area contributed by atoms with Crippen LogP contribution in [0.4, 0.5) is 13.2 Å². The molecule has 0 N–H and O–H groups in total. The van der Waals surface area contributed by atoms with Gasteiger partial charge in [-0.2, -0.15) is 0 Å². The lowest BCUT2D eigenvalue weighted by Gasteiger charge is -2.28. The van der Waals surface area contributed by atoms with Crippen molar-refractivity contribution < 1.29 is 13.2 Å². The Labute approximate surface area is 131 Å². The van der Waals surface area contributed by atoms with Gasteiger partial charge in [0, 0.05) is 0 Å². The quantitative estimate of drug-likeness (QED) is 0.433. The molecule has 0 saturated heterocycles. The molecule has 1 aliphatic carbocycles. The molecule has 22 heavy (non-hydrogen) atoms. The summed E-state index contributed by atoms with van der Waals surface area (Å²) in [6.07, 6.45) is 13.2. The van der Waals surface area contributed by atoms with E-state index < -0.39 is 17.5 Å². The molecule has 2 rings (SSSR count). The Bertz CT molecular complexity index is 476.